The van der Waals surface area contributed by atoms with Crippen LogP contribution in [0.2, 0.25) is 0 Å². The van der Waals surface area contributed by atoms with Crippen molar-refractivity contribution in [2.45, 2.75) is 26.7 Å². The average Bonchev–Trinajstić information content (AvgIpc) is 2.47. The van der Waals surface area contributed by atoms with E-state index in [2.05, 4.69) is 66.2 Å². The molecule has 0 aliphatic heterocycles. The normalized spacial score (nSPS) is 10.5. The standard InChI is InChI=1S/C17H22N4/c1-5-10-18-15-9-11-19-17(20-15)21-16-13(4)7-6-8-14(16)12(2)3/h5-9,11-12H,1,10H2,2-4H3,(H2,18,19,20,21). The van der Waals surface area contributed by atoms with Gasteiger partial charge in [-0.05, 0) is 30.0 Å². The molecular formula is C17H22N4. The second-order valence-corrected chi connectivity index (χ2v) is 5.25. The number of benzene rings is 1. The second-order valence-electron chi connectivity index (χ2n) is 5.25. The van der Waals surface area contributed by atoms with Crippen molar-refractivity contribution in [3.05, 3.63) is 54.2 Å². The number of nitrogens with zero attached hydrogens (tertiary/aromatic N) is 2. The average molecular weight is 282 g/mol. The van der Waals surface area contributed by atoms with Gasteiger partial charge in [-0.15, -0.1) is 6.58 Å². The Morgan fingerprint density at radius 1 is 1.29 bits per heavy atom. The summed E-state index contributed by atoms with van der Waals surface area (Å²) in [7, 11) is 0. The number of aryl methyl sites for hydroxylation is 1. The number of aromatic nitrogens is 2. The van der Waals surface area contributed by atoms with Gasteiger partial charge in [-0.3, -0.25) is 0 Å². The van der Waals surface area contributed by atoms with E-state index in [1.165, 1.54) is 11.1 Å². The molecule has 0 saturated carbocycles. The fourth-order valence-electron chi connectivity index (χ4n) is 2.15. The Morgan fingerprint density at radius 2 is 2.10 bits per heavy atom. The summed E-state index contributed by atoms with van der Waals surface area (Å²) in [6, 6.07) is 8.16. The molecule has 21 heavy (non-hydrogen) atoms. The van der Waals surface area contributed by atoms with Gasteiger partial charge in [0.15, 0.2) is 0 Å². The summed E-state index contributed by atoms with van der Waals surface area (Å²) in [6.07, 6.45) is 3.54. The number of rotatable bonds is 6. The highest BCUT2D eigenvalue weighted by Gasteiger charge is 2.10. The lowest BCUT2D eigenvalue weighted by molar-refractivity contribution is 0.866. The Kier molecular flexibility index (Phi) is 4.93. The van der Waals surface area contributed by atoms with Crippen LogP contribution in [0.25, 0.3) is 0 Å². The van der Waals surface area contributed by atoms with E-state index < -0.39 is 0 Å². The van der Waals surface area contributed by atoms with Crippen molar-refractivity contribution in [3.8, 4) is 0 Å². The lowest BCUT2D eigenvalue weighted by Crippen LogP contribution is -2.06. The fraction of sp³-hybridized carbons (Fsp3) is 0.294. The number of nitrogens with one attached hydrogen (secondary N) is 2. The van der Waals surface area contributed by atoms with Gasteiger partial charge in [-0.1, -0.05) is 38.1 Å². The Bertz CT molecular complexity index is 620. The van der Waals surface area contributed by atoms with Gasteiger partial charge in [0.2, 0.25) is 5.95 Å². The lowest BCUT2D eigenvalue weighted by Gasteiger charge is -2.16. The van der Waals surface area contributed by atoms with Crippen molar-refractivity contribution in [2.24, 2.45) is 0 Å². The first-order chi connectivity index (χ1) is 10.1. The summed E-state index contributed by atoms with van der Waals surface area (Å²) < 4.78 is 0. The van der Waals surface area contributed by atoms with E-state index in [-0.39, 0.29) is 0 Å². The fourth-order valence-corrected chi connectivity index (χ4v) is 2.15. The van der Waals surface area contributed by atoms with Crippen LogP contribution in [0.1, 0.15) is 30.9 Å². The van der Waals surface area contributed by atoms with Crippen molar-refractivity contribution in [1.82, 2.24) is 9.97 Å². The van der Waals surface area contributed by atoms with E-state index >= 15 is 0 Å². The number of para-hydroxylation sites is 1. The molecule has 0 bridgehead atoms. The van der Waals surface area contributed by atoms with E-state index in [1.54, 1.807) is 12.3 Å². The number of hydrogen-bond acceptors (Lipinski definition) is 4. The van der Waals surface area contributed by atoms with E-state index in [0.29, 0.717) is 18.4 Å². The molecule has 0 saturated heterocycles. The maximum atomic E-state index is 4.47. The third-order valence-corrected chi connectivity index (χ3v) is 3.25. The minimum atomic E-state index is 0.439. The molecule has 0 amide bonds. The summed E-state index contributed by atoms with van der Waals surface area (Å²) in [5.74, 6) is 1.82. The summed E-state index contributed by atoms with van der Waals surface area (Å²) in [5.41, 5.74) is 3.55. The first-order valence-electron chi connectivity index (χ1n) is 7.16. The first-order valence-corrected chi connectivity index (χ1v) is 7.16. The molecule has 0 spiro atoms. The van der Waals surface area contributed by atoms with Crippen LogP contribution in [0.3, 0.4) is 0 Å². The highest BCUT2D eigenvalue weighted by molar-refractivity contribution is 5.64. The molecule has 2 aromatic rings. The summed E-state index contributed by atoms with van der Waals surface area (Å²) in [5, 5.41) is 6.51. The van der Waals surface area contributed by atoms with Crippen molar-refractivity contribution < 1.29 is 0 Å². The van der Waals surface area contributed by atoms with Crippen molar-refractivity contribution in [1.29, 1.82) is 0 Å². The molecule has 4 heteroatoms. The Hall–Kier alpha value is -2.36. The zero-order chi connectivity index (χ0) is 15.2. The molecule has 1 aromatic heterocycles. The monoisotopic (exact) mass is 282 g/mol. The molecule has 0 aliphatic carbocycles. The third-order valence-electron chi connectivity index (χ3n) is 3.25. The highest BCUT2D eigenvalue weighted by Crippen LogP contribution is 2.29. The summed E-state index contributed by atoms with van der Waals surface area (Å²) >= 11 is 0. The van der Waals surface area contributed by atoms with E-state index in [9.17, 15) is 0 Å². The van der Waals surface area contributed by atoms with Crippen LogP contribution in [-0.4, -0.2) is 16.5 Å². The predicted molar refractivity (Wildman–Crippen MR) is 89.3 cm³/mol. The topological polar surface area (TPSA) is 49.8 Å². The lowest BCUT2D eigenvalue weighted by atomic mass is 9.98. The zero-order valence-electron chi connectivity index (χ0n) is 12.9. The van der Waals surface area contributed by atoms with Gasteiger partial charge in [-0.2, -0.15) is 4.98 Å². The van der Waals surface area contributed by atoms with Crippen molar-refractivity contribution >= 4 is 17.5 Å². The molecule has 0 aliphatic rings. The van der Waals surface area contributed by atoms with E-state index in [4.69, 9.17) is 0 Å². The molecule has 2 rings (SSSR count). The Balaban J connectivity index is 2.28. The van der Waals surface area contributed by atoms with Gasteiger partial charge in [0.25, 0.3) is 0 Å². The van der Waals surface area contributed by atoms with Crippen LogP contribution in [0.15, 0.2) is 43.1 Å². The SMILES string of the molecule is C=CCNc1ccnc(Nc2c(C)cccc2C(C)C)n1. The first kappa shape index (κ1) is 15.0. The van der Waals surface area contributed by atoms with Crippen molar-refractivity contribution in [2.75, 3.05) is 17.2 Å². The van der Waals surface area contributed by atoms with Gasteiger partial charge in [0.1, 0.15) is 5.82 Å². The van der Waals surface area contributed by atoms with Crippen LogP contribution in [0, 0.1) is 6.92 Å². The smallest absolute Gasteiger partial charge is 0.229 e. The second kappa shape index (κ2) is 6.88. The Morgan fingerprint density at radius 3 is 2.81 bits per heavy atom. The van der Waals surface area contributed by atoms with E-state index in [1.807, 2.05) is 6.07 Å². The van der Waals surface area contributed by atoms with Crippen LogP contribution >= 0.6 is 0 Å². The van der Waals surface area contributed by atoms with Crippen LogP contribution in [0.4, 0.5) is 17.5 Å². The van der Waals surface area contributed by atoms with Crippen LogP contribution < -0.4 is 10.6 Å². The number of hydrogen-bond donors (Lipinski definition) is 2. The zero-order valence-corrected chi connectivity index (χ0v) is 12.9. The van der Waals surface area contributed by atoms with Crippen LogP contribution in [-0.2, 0) is 0 Å². The molecule has 1 aromatic carbocycles. The molecule has 0 unspecified atom stereocenters. The van der Waals surface area contributed by atoms with E-state index in [0.717, 1.165) is 11.5 Å². The maximum absolute atomic E-state index is 4.47. The maximum Gasteiger partial charge on any atom is 0.229 e. The molecule has 1 heterocycles. The Labute approximate surface area is 126 Å². The van der Waals surface area contributed by atoms with Gasteiger partial charge < -0.3 is 10.6 Å². The van der Waals surface area contributed by atoms with Crippen molar-refractivity contribution in [3.63, 3.8) is 0 Å². The van der Waals surface area contributed by atoms with Gasteiger partial charge in [0, 0.05) is 18.4 Å². The summed E-state index contributed by atoms with van der Waals surface area (Å²) in [6.45, 7) is 10.8. The quantitative estimate of drug-likeness (QED) is 0.778. The summed E-state index contributed by atoms with van der Waals surface area (Å²) in [4.78, 5) is 8.76. The van der Waals surface area contributed by atoms with Gasteiger partial charge in [-0.25, -0.2) is 4.98 Å². The van der Waals surface area contributed by atoms with Crippen LogP contribution in [0.5, 0.6) is 0 Å². The third kappa shape index (κ3) is 3.81. The molecule has 0 radical (unpaired) electrons. The van der Waals surface area contributed by atoms with Gasteiger partial charge >= 0.3 is 0 Å². The highest BCUT2D eigenvalue weighted by atomic mass is 15.1. The molecule has 0 atom stereocenters. The minimum absolute atomic E-state index is 0.439. The minimum Gasteiger partial charge on any atom is -0.366 e. The molecule has 2 N–H and O–H groups in total. The number of anilines is 3. The van der Waals surface area contributed by atoms with Gasteiger partial charge in [0.05, 0.1) is 0 Å². The molecule has 4 nitrogen and oxygen atoms in total. The molecule has 0 fully saturated rings. The largest absolute Gasteiger partial charge is 0.366 e. The molecular weight excluding hydrogens is 260 g/mol. The molecule has 110 valence electrons. The predicted octanol–water partition coefficient (Wildman–Crippen LogP) is 4.25.